The van der Waals surface area contributed by atoms with Gasteiger partial charge >= 0.3 is 0 Å². The summed E-state index contributed by atoms with van der Waals surface area (Å²) in [6.45, 7) is 4.21. The van der Waals surface area contributed by atoms with Gasteiger partial charge in [-0.3, -0.25) is 0 Å². The van der Waals surface area contributed by atoms with Crippen molar-refractivity contribution in [2.45, 2.75) is 19.8 Å². The van der Waals surface area contributed by atoms with Gasteiger partial charge in [-0.25, -0.2) is 0 Å². The molecule has 1 rings (SSSR count). The molecule has 88 valence electrons. The third-order valence-corrected chi connectivity index (χ3v) is 2.41. The van der Waals surface area contributed by atoms with Crippen molar-refractivity contribution in [3.8, 4) is 5.75 Å². The van der Waals surface area contributed by atoms with E-state index in [0.29, 0.717) is 0 Å². The molecule has 1 aromatic carbocycles. The van der Waals surface area contributed by atoms with Crippen molar-refractivity contribution in [2.24, 2.45) is 0 Å². The molecule has 0 aromatic heterocycles. The average molecular weight is 219 g/mol. The van der Waals surface area contributed by atoms with E-state index < -0.39 is 0 Å². The molecule has 0 saturated heterocycles. The normalized spacial score (nSPS) is 10.9. The molecule has 0 amide bonds. The van der Waals surface area contributed by atoms with E-state index in [9.17, 15) is 0 Å². The summed E-state index contributed by atoms with van der Waals surface area (Å²) in [6.07, 6.45) is 6.71. The maximum atomic E-state index is 5.27. The summed E-state index contributed by atoms with van der Waals surface area (Å²) in [7, 11) is 1.70. The first kappa shape index (κ1) is 12.8. The minimum atomic E-state index is 0.915. The highest BCUT2D eigenvalue weighted by molar-refractivity contribution is 5.57. The molecule has 0 aliphatic rings. The summed E-state index contributed by atoms with van der Waals surface area (Å²) in [5.41, 5.74) is 1.13. The molecule has 0 spiro atoms. The quantitative estimate of drug-likeness (QED) is 0.711. The predicted molar refractivity (Wildman–Crippen MR) is 69.8 cm³/mol. The molecule has 0 fully saturated rings. The van der Waals surface area contributed by atoms with E-state index in [2.05, 4.69) is 30.5 Å². The second-order valence-corrected chi connectivity index (χ2v) is 3.70. The zero-order valence-electron chi connectivity index (χ0n) is 10.2. The standard InChI is InChI=1S/C14H21NO/c1-3-4-11-15-12-7-9-13-8-5-6-10-14(13)16-2/h5-10,15H,3-4,11-12H2,1-2H3/b9-7+. The van der Waals surface area contributed by atoms with Crippen LogP contribution in [0.15, 0.2) is 30.3 Å². The summed E-state index contributed by atoms with van der Waals surface area (Å²) in [4.78, 5) is 0. The fraction of sp³-hybridized carbons (Fsp3) is 0.429. The highest BCUT2D eigenvalue weighted by atomic mass is 16.5. The van der Waals surface area contributed by atoms with Crippen LogP contribution in [0.2, 0.25) is 0 Å². The van der Waals surface area contributed by atoms with Crippen molar-refractivity contribution in [2.75, 3.05) is 20.2 Å². The lowest BCUT2D eigenvalue weighted by Gasteiger charge is -2.03. The molecular formula is C14H21NO. The highest BCUT2D eigenvalue weighted by Gasteiger charge is 1.95. The van der Waals surface area contributed by atoms with Gasteiger partial charge in [0.25, 0.3) is 0 Å². The Balaban J connectivity index is 2.37. The van der Waals surface area contributed by atoms with E-state index in [1.165, 1.54) is 12.8 Å². The van der Waals surface area contributed by atoms with E-state index in [4.69, 9.17) is 4.74 Å². The Morgan fingerprint density at radius 3 is 2.88 bits per heavy atom. The highest BCUT2D eigenvalue weighted by Crippen LogP contribution is 2.18. The van der Waals surface area contributed by atoms with Gasteiger partial charge in [0.2, 0.25) is 0 Å². The molecule has 0 aliphatic heterocycles. The molecule has 0 saturated carbocycles. The van der Waals surface area contributed by atoms with Gasteiger partial charge in [0.1, 0.15) is 5.75 Å². The van der Waals surface area contributed by atoms with Gasteiger partial charge in [0, 0.05) is 12.1 Å². The van der Waals surface area contributed by atoms with Crippen LogP contribution in [0.4, 0.5) is 0 Å². The number of hydrogen-bond acceptors (Lipinski definition) is 2. The van der Waals surface area contributed by atoms with Crippen molar-refractivity contribution in [1.82, 2.24) is 5.32 Å². The second kappa shape index (κ2) is 7.94. The smallest absolute Gasteiger partial charge is 0.126 e. The molecule has 0 radical (unpaired) electrons. The van der Waals surface area contributed by atoms with Crippen LogP contribution >= 0.6 is 0 Å². The van der Waals surface area contributed by atoms with Crippen molar-refractivity contribution in [3.63, 3.8) is 0 Å². The van der Waals surface area contributed by atoms with Crippen LogP contribution in [0.1, 0.15) is 25.3 Å². The van der Waals surface area contributed by atoms with Crippen LogP contribution in [0.25, 0.3) is 6.08 Å². The summed E-state index contributed by atoms with van der Waals surface area (Å²) >= 11 is 0. The van der Waals surface area contributed by atoms with Crippen molar-refractivity contribution < 1.29 is 4.74 Å². The van der Waals surface area contributed by atoms with Crippen LogP contribution in [0.3, 0.4) is 0 Å². The molecule has 2 heteroatoms. The Morgan fingerprint density at radius 1 is 1.31 bits per heavy atom. The van der Waals surface area contributed by atoms with E-state index in [0.717, 1.165) is 24.4 Å². The summed E-state index contributed by atoms with van der Waals surface area (Å²) < 4.78 is 5.27. The lowest BCUT2D eigenvalue weighted by molar-refractivity contribution is 0.414. The molecule has 0 atom stereocenters. The molecule has 0 unspecified atom stereocenters. The summed E-state index contributed by atoms with van der Waals surface area (Å²) in [6, 6.07) is 8.04. The van der Waals surface area contributed by atoms with E-state index in [1.54, 1.807) is 7.11 Å². The van der Waals surface area contributed by atoms with Crippen molar-refractivity contribution in [1.29, 1.82) is 0 Å². The number of para-hydroxylation sites is 1. The minimum Gasteiger partial charge on any atom is -0.496 e. The third kappa shape index (κ3) is 4.49. The van der Waals surface area contributed by atoms with Gasteiger partial charge in [0.05, 0.1) is 7.11 Å². The first-order chi connectivity index (χ1) is 7.88. The number of rotatable bonds is 7. The van der Waals surface area contributed by atoms with Crippen molar-refractivity contribution in [3.05, 3.63) is 35.9 Å². The molecular weight excluding hydrogens is 198 g/mol. The SMILES string of the molecule is CCCCNC/C=C/c1ccccc1OC. The molecule has 16 heavy (non-hydrogen) atoms. The van der Waals surface area contributed by atoms with Crippen LogP contribution in [0, 0.1) is 0 Å². The lowest BCUT2D eigenvalue weighted by atomic mass is 10.2. The number of nitrogens with one attached hydrogen (secondary N) is 1. The number of benzene rings is 1. The van der Waals surface area contributed by atoms with E-state index in [1.807, 2.05) is 18.2 Å². The van der Waals surface area contributed by atoms with Gasteiger partial charge in [-0.2, -0.15) is 0 Å². The average Bonchev–Trinajstić information content (AvgIpc) is 2.34. The van der Waals surface area contributed by atoms with Gasteiger partial charge in [-0.1, -0.05) is 43.7 Å². The van der Waals surface area contributed by atoms with Crippen LogP contribution in [-0.2, 0) is 0 Å². The van der Waals surface area contributed by atoms with Gasteiger partial charge < -0.3 is 10.1 Å². The summed E-state index contributed by atoms with van der Waals surface area (Å²) in [5.74, 6) is 0.923. The number of methoxy groups -OCH3 is 1. The van der Waals surface area contributed by atoms with Gasteiger partial charge in [-0.15, -0.1) is 0 Å². The Morgan fingerprint density at radius 2 is 2.12 bits per heavy atom. The fourth-order valence-corrected chi connectivity index (χ4v) is 1.48. The van der Waals surface area contributed by atoms with Crippen LogP contribution in [-0.4, -0.2) is 20.2 Å². The largest absolute Gasteiger partial charge is 0.496 e. The maximum absolute atomic E-state index is 5.27. The Kier molecular flexibility index (Phi) is 6.35. The summed E-state index contributed by atoms with van der Waals surface area (Å²) in [5, 5.41) is 3.37. The molecule has 1 aromatic rings. The number of unbranched alkanes of at least 4 members (excludes halogenated alkanes) is 1. The molecule has 0 aliphatic carbocycles. The number of hydrogen-bond donors (Lipinski definition) is 1. The van der Waals surface area contributed by atoms with E-state index in [-0.39, 0.29) is 0 Å². The van der Waals surface area contributed by atoms with Crippen LogP contribution in [0.5, 0.6) is 5.75 Å². The second-order valence-electron chi connectivity index (χ2n) is 3.70. The lowest BCUT2D eigenvalue weighted by Crippen LogP contribution is -2.14. The first-order valence-corrected chi connectivity index (χ1v) is 5.88. The molecule has 0 bridgehead atoms. The Labute approximate surface area is 98.3 Å². The third-order valence-electron chi connectivity index (χ3n) is 2.41. The Hall–Kier alpha value is -1.28. The topological polar surface area (TPSA) is 21.3 Å². The predicted octanol–water partition coefficient (Wildman–Crippen LogP) is 3.10. The van der Waals surface area contributed by atoms with Gasteiger partial charge in [0.15, 0.2) is 0 Å². The minimum absolute atomic E-state index is 0.915. The monoisotopic (exact) mass is 219 g/mol. The van der Waals surface area contributed by atoms with Crippen molar-refractivity contribution >= 4 is 6.08 Å². The van der Waals surface area contributed by atoms with Crippen LogP contribution < -0.4 is 10.1 Å². The Bertz CT molecular complexity index is 320. The zero-order chi connectivity index (χ0) is 11.6. The molecule has 1 N–H and O–H groups in total. The maximum Gasteiger partial charge on any atom is 0.126 e. The number of ether oxygens (including phenoxy) is 1. The fourth-order valence-electron chi connectivity index (χ4n) is 1.48. The zero-order valence-corrected chi connectivity index (χ0v) is 10.2. The van der Waals surface area contributed by atoms with Gasteiger partial charge in [-0.05, 0) is 19.0 Å². The molecule has 0 heterocycles. The first-order valence-electron chi connectivity index (χ1n) is 5.88. The van der Waals surface area contributed by atoms with E-state index >= 15 is 0 Å². The molecule has 2 nitrogen and oxygen atoms in total.